The van der Waals surface area contributed by atoms with Crippen LogP contribution >= 0.6 is 27.5 Å². The molecule has 0 aromatic heterocycles. The van der Waals surface area contributed by atoms with Crippen LogP contribution in [-0.4, -0.2) is 7.05 Å². The van der Waals surface area contributed by atoms with Crippen molar-refractivity contribution >= 4 is 27.5 Å². The number of hydrogen-bond donors (Lipinski definition) is 1. The number of hydrogen-bond acceptors (Lipinski definition) is 1. The van der Waals surface area contributed by atoms with Crippen LogP contribution < -0.4 is 5.32 Å². The average Bonchev–Trinajstić information content (AvgIpc) is 2.35. The Morgan fingerprint density at radius 2 is 1.63 bits per heavy atom. The molecule has 0 spiro atoms. The van der Waals surface area contributed by atoms with Gasteiger partial charge in [-0.25, -0.2) is 8.78 Å². The summed E-state index contributed by atoms with van der Waals surface area (Å²) in [5.74, 6) is -1.19. The molecule has 0 bridgehead atoms. The summed E-state index contributed by atoms with van der Waals surface area (Å²) in [6.07, 6.45) is 0. The van der Waals surface area contributed by atoms with Crippen molar-refractivity contribution in [2.75, 3.05) is 7.05 Å². The summed E-state index contributed by atoms with van der Waals surface area (Å²) in [4.78, 5) is 0. The van der Waals surface area contributed by atoms with E-state index >= 15 is 0 Å². The summed E-state index contributed by atoms with van der Waals surface area (Å²) in [5, 5.41) is 3.50. The Bertz CT molecular complexity index is 563. The second kappa shape index (κ2) is 5.99. The van der Waals surface area contributed by atoms with Gasteiger partial charge in [0.05, 0.1) is 6.04 Å². The summed E-state index contributed by atoms with van der Waals surface area (Å²) in [5.41, 5.74) is 0.736. The minimum absolute atomic E-state index is 0.00646. The first-order valence-corrected chi connectivity index (χ1v) is 6.77. The monoisotopic (exact) mass is 345 g/mol. The third-order valence-corrected chi connectivity index (χ3v) is 3.53. The molecule has 0 radical (unpaired) electrons. The van der Waals surface area contributed by atoms with Gasteiger partial charge >= 0.3 is 0 Å². The van der Waals surface area contributed by atoms with Crippen molar-refractivity contribution in [1.29, 1.82) is 0 Å². The lowest BCUT2D eigenvalue weighted by molar-refractivity contribution is 0.521. The standard InChI is InChI=1S/C14H11BrClF2N/c1-19-14(8-2-4-10(16)5-3-8)13-11(17)6-9(15)7-12(13)18/h2-7,14,19H,1H3. The minimum Gasteiger partial charge on any atom is -0.309 e. The molecule has 2 aromatic carbocycles. The molecule has 1 nitrogen and oxygen atoms in total. The maximum absolute atomic E-state index is 14.0. The SMILES string of the molecule is CNC(c1ccc(Cl)cc1)c1c(F)cc(Br)cc1F. The van der Waals surface area contributed by atoms with Crippen molar-refractivity contribution in [3.05, 3.63) is 68.7 Å². The predicted octanol–water partition coefficient (Wildman–Crippen LogP) is 4.69. The lowest BCUT2D eigenvalue weighted by Gasteiger charge is -2.19. The fourth-order valence-electron chi connectivity index (χ4n) is 1.96. The molecule has 0 saturated heterocycles. The third-order valence-electron chi connectivity index (χ3n) is 2.82. The molecule has 5 heteroatoms. The smallest absolute Gasteiger partial charge is 0.132 e. The Labute approximate surface area is 123 Å². The normalized spacial score (nSPS) is 12.5. The van der Waals surface area contributed by atoms with Crippen molar-refractivity contribution < 1.29 is 8.78 Å². The highest BCUT2D eigenvalue weighted by atomic mass is 79.9. The van der Waals surface area contributed by atoms with Crippen LogP contribution in [0.4, 0.5) is 8.78 Å². The molecule has 100 valence electrons. The van der Waals surface area contributed by atoms with E-state index < -0.39 is 17.7 Å². The van der Waals surface area contributed by atoms with Crippen molar-refractivity contribution in [3.63, 3.8) is 0 Å². The highest BCUT2D eigenvalue weighted by Gasteiger charge is 2.21. The van der Waals surface area contributed by atoms with Crippen molar-refractivity contribution in [2.45, 2.75) is 6.04 Å². The van der Waals surface area contributed by atoms with Crippen LogP contribution in [-0.2, 0) is 0 Å². The van der Waals surface area contributed by atoms with Gasteiger partial charge in [0, 0.05) is 15.1 Å². The van der Waals surface area contributed by atoms with Crippen LogP contribution in [0.2, 0.25) is 5.02 Å². The van der Waals surface area contributed by atoms with Gasteiger partial charge in [0.2, 0.25) is 0 Å². The molecule has 0 aliphatic rings. The summed E-state index contributed by atoms with van der Waals surface area (Å²) >= 11 is 8.88. The first-order chi connectivity index (χ1) is 9.02. The quantitative estimate of drug-likeness (QED) is 0.850. The van der Waals surface area contributed by atoms with Gasteiger partial charge in [-0.15, -0.1) is 0 Å². The van der Waals surface area contributed by atoms with Crippen LogP contribution in [0.15, 0.2) is 40.9 Å². The zero-order valence-electron chi connectivity index (χ0n) is 10.1. The maximum Gasteiger partial charge on any atom is 0.132 e. The van der Waals surface area contributed by atoms with E-state index in [9.17, 15) is 8.78 Å². The number of halogens is 4. The molecule has 0 heterocycles. The third kappa shape index (κ3) is 3.14. The molecule has 0 aliphatic carbocycles. The molecule has 1 unspecified atom stereocenters. The van der Waals surface area contributed by atoms with Crippen LogP contribution in [0, 0.1) is 11.6 Å². The predicted molar refractivity (Wildman–Crippen MR) is 76.4 cm³/mol. The van der Waals surface area contributed by atoms with E-state index in [1.165, 1.54) is 12.1 Å². The van der Waals surface area contributed by atoms with E-state index in [1.807, 2.05) is 0 Å². The van der Waals surface area contributed by atoms with Gasteiger partial charge in [-0.3, -0.25) is 0 Å². The van der Waals surface area contributed by atoms with E-state index in [1.54, 1.807) is 31.3 Å². The van der Waals surface area contributed by atoms with Crippen molar-refractivity contribution in [3.8, 4) is 0 Å². The number of benzene rings is 2. The van der Waals surface area contributed by atoms with Gasteiger partial charge in [0.25, 0.3) is 0 Å². The van der Waals surface area contributed by atoms with Gasteiger partial charge in [-0.1, -0.05) is 39.7 Å². The zero-order valence-corrected chi connectivity index (χ0v) is 12.4. The fourth-order valence-corrected chi connectivity index (χ4v) is 2.49. The Morgan fingerprint density at radius 3 is 2.11 bits per heavy atom. The molecule has 0 saturated carbocycles. The van der Waals surface area contributed by atoms with Crippen molar-refractivity contribution in [1.82, 2.24) is 5.32 Å². The van der Waals surface area contributed by atoms with Crippen molar-refractivity contribution in [2.24, 2.45) is 0 Å². The van der Waals surface area contributed by atoms with Gasteiger partial charge in [0.15, 0.2) is 0 Å². The van der Waals surface area contributed by atoms with Gasteiger partial charge in [0.1, 0.15) is 11.6 Å². The molecule has 0 fully saturated rings. The van der Waals surface area contributed by atoms with Gasteiger partial charge in [-0.2, -0.15) is 0 Å². The second-order valence-corrected chi connectivity index (χ2v) is 5.41. The van der Waals surface area contributed by atoms with Crippen LogP contribution in [0.3, 0.4) is 0 Å². The van der Waals surface area contributed by atoms with E-state index in [0.717, 1.165) is 5.56 Å². The topological polar surface area (TPSA) is 12.0 Å². The molecule has 19 heavy (non-hydrogen) atoms. The Balaban J connectivity index is 2.51. The lowest BCUT2D eigenvalue weighted by Crippen LogP contribution is -2.20. The van der Waals surface area contributed by atoms with E-state index in [-0.39, 0.29) is 5.56 Å². The van der Waals surface area contributed by atoms with Crippen LogP contribution in [0.1, 0.15) is 17.2 Å². The van der Waals surface area contributed by atoms with Crippen LogP contribution in [0.25, 0.3) is 0 Å². The molecular weight excluding hydrogens is 336 g/mol. The van der Waals surface area contributed by atoms with Gasteiger partial charge < -0.3 is 5.32 Å². The Kier molecular flexibility index (Phi) is 4.55. The lowest BCUT2D eigenvalue weighted by atomic mass is 9.98. The maximum atomic E-state index is 14.0. The minimum atomic E-state index is -0.596. The number of rotatable bonds is 3. The molecule has 1 atom stereocenters. The van der Waals surface area contributed by atoms with Gasteiger partial charge in [-0.05, 0) is 36.9 Å². The average molecular weight is 347 g/mol. The zero-order chi connectivity index (χ0) is 14.0. The molecule has 0 aliphatic heterocycles. The highest BCUT2D eigenvalue weighted by molar-refractivity contribution is 9.10. The molecule has 2 rings (SSSR count). The van der Waals surface area contributed by atoms with Crippen LogP contribution in [0.5, 0.6) is 0 Å². The Morgan fingerprint density at radius 1 is 1.11 bits per heavy atom. The van der Waals surface area contributed by atoms with E-state index in [2.05, 4.69) is 21.2 Å². The summed E-state index contributed by atoms with van der Waals surface area (Å²) in [6.45, 7) is 0. The molecule has 0 amide bonds. The second-order valence-electron chi connectivity index (χ2n) is 4.06. The first kappa shape index (κ1) is 14.4. The number of nitrogens with one attached hydrogen (secondary N) is 1. The first-order valence-electron chi connectivity index (χ1n) is 5.60. The van der Waals surface area contributed by atoms with E-state index in [4.69, 9.17) is 11.6 Å². The largest absolute Gasteiger partial charge is 0.309 e. The highest BCUT2D eigenvalue weighted by Crippen LogP contribution is 2.29. The molecule has 2 aromatic rings. The summed E-state index contributed by atoms with van der Waals surface area (Å²) < 4.78 is 28.3. The molecular formula is C14H11BrClF2N. The summed E-state index contributed by atoms with van der Waals surface area (Å²) in [6, 6.07) is 8.79. The van der Waals surface area contributed by atoms with E-state index in [0.29, 0.717) is 9.50 Å². The molecule has 1 N–H and O–H groups in total. The fraction of sp³-hybridized carbons (Fsp3) is 0.143. The summed E-state index contributed by atoms with van der Waals surface area (Å²) in [7, 11) is 1.65. The Hall–Kier alpha value is -0.970.